The summed E-state index contributed by atoms with van der Waals surface area (Å²) >= 11 is 1.38. The SMILES string of the molecule is CO[C@@H]1C[C@@H](C(=O)NC(C)c2cc(C(=N)N)cs2)N(C(=O)CNC(=O)c2ccc(Oc3ccc(F)cc3)cc2)C1. The molecule has 1 aliphatic rings. The number of hydrogen-bond acceptors (Lipinski definition) is 7. The van der Waals surface area contributed by atoms with Crippen LogP contribution >= 0.6 is 11.3 Å². The predicted octanol–water partition coefficient (Wildman–Crippen LogP) is 3.19. The minimum absolute atomic E-state index is 0.0483. The number of thiophene rings is 1. The van der Waals surface area contributed by atoms with Gasteiger partial charge in [0, 0.05) is 41.5 Å². The molecule has 10 nitrogen and oxygen atoms in total. The van der Waals surface area contributed by atoms with E-state index in [0.717, 1.165) is 4.88 Å². The molecule has 1 fully saturated rings. The summed E-state index contributed by atoms with van der Waals surface area (Å²) in [4.78, 5) is 41.1. The Hall–Kier alpha value is -4.29. The number of hydrogen-bond donors (Lipinski definition) is 4. The zero-order chi connectivity index (χ0) is 28.8. The molecule has 2 aromatic carbocycles. The number of ether oxygens (including phenoxy) is 2. The van der Waals surface area contributed by atoms with Crippen molar-refractivity contribution < 1.29 is 28.2 Å². The van der Waals surface area contributed by atoms with E-state index in [1.54, 1.807) is 35.7 Å². The van der Waals surface area contributed by atoms with E-state index in [0.29, 0.717) is 29.0 Å². The van der Waals surface area contributed by atoms with Crippen LogP contribution in [0.4, 0.5) is 4.39 Å². The Kier molecular flexibility index (Phi) is 9.12. The van der Waals surface area contributed by atoms with E-state index in [1.165, 1.54) is 47.6 Å². The van der Waals surface area contributed by atoms with Crippen LogP contribution < -0.4 is 21.1 Å². The topological polar surface area (TPSA) is 147 Å². The summed E-state index contributed by atoms with van der Waals surface area (Å²) in [5, 5.41) is 14.8. The maximum Gasteiger partial charge on any atom is 0.251 e. The molecule has 0 spiro atoms. The Morgan fingerprint density at radius 2 is 1.77 bits per heavy atom. The second-order valence-corrected chi connectivity index (χ2v) is 10.2. The summed E-state index contributed by atoms with van der Waals surface area (Å²) < 4.78 is 24.1. The first kappa shape index (κ1) is 28.7. The van der Waals surface area contributed by atoms with Crippen molar-refractivity contribution in [3.05, 3.63) is 81.8 Å². The third-order valence-corrected chi connectivity index (χ3v) is 7.62. The molecule has 3 aromatic rings. The van der Waals surface area contributed by atoms with Gasteiger partial charge in [0.05, 0.1) is 18.7 Å². The molecule has 0 aliphatic carbocycles. The van der Waals surface area contributed by atoms with Crippen LogP contribution in [-0.2, 0) is 14.3 Å². The third-order valence-electron chi connectivity index (χ3n) is 6.50. The molecular weight excluding hydrogens is 537 g/mol. The molecule has 1 saturated heterocycles. The molecule has 0 radical (unpaired) electrons. The molecule has 12 heteroatoms. The van der Waals surface area contributed by atoms with Gasteiger partial charge < -0.3 is 30.7 Å². The van der Waals surface area contributed by atoms with Gasteiger partial charge in [-0.25, -0.2) is 4.39 Å². The highest BCUT2D eigenvalue weighted by atomic mass is 32.1. The first-order valence-corrected chi connectivity index (χ1v) is 13.4. The number of nitrogens with zero attached hydrogens (tertiary/aromatic N) is 1. The van der Waals surface area contributed by atoms with Crippen LogP contribution in [0.25, 0.3) is 0 Å². The van der Waals surface area contributed by atoms with E-state index in [-0.39, 0.29) is 42.8 Å². The lowest BCUT2D eigenvalue weighted by Crippen LogP contribution is -2.49. The second-order valence-electron chi connectivity index (χ2n) is 9.30. The molecule has 2 heterocycles. The molecule has 3 amide bonds. The number of nitrogen functional groups attached to an aromatic ring is 1. The van der Waals surface area contributed by atoms with Crippen molar-refractivity contribution in [2.24, 2.45) is 5.73 Å². The molecule has 210 valence electrons. The first-order chi connectivity index (χ1) is 19.1. The third kappa shape index (κ3) is 7.01. The van der Waals surface area contributed by atoms with Crippen molar-refractivity contribution in [1.82, 2.24) is 15.5 Å². The van der Waals surface area contributed by atoms with Crippen LogP contribution in [0, 0.1) is 11.2 Å². The number of carbonyl (C=O) groups excluding carboxylic acids is 3. The molecule has 0 bridgehead atoms. The standard InChI is InChI=1S/C28H30FN5O5S/c1-16(24-11-18(15-40-24)26(30)31)33-28(37)23-12-22(38-2)14-34(23)25(35)13-32-27(36)17-3-7-20(8-4-17)39-21-9-5-19(29)6-10-21/h3-11,15-16,22-23H,12-14H2,1-2H3,(H3,30,31)(H,32,36)(H,33,37)/t16?,22-,23+/m1/s1. The Bertz CT molecular complexity index is 1380. The summed E-state index contributed by atoms with van der Waals surface area (Å²) in [7, 11) is 1.52. The molecule has 5 N–H and O–H groups in total. The molecule has 3 atom stereocenters. The van der Waals surface area contributed by atoms with Gasteiger partial charge in [0.1, 0.15) is 29.2 Å². The molecule has 40 heavy (non-hydrogen) atoms. The summed E-state index contributed by atoms with van der Waals surface area (Å²) in [6.45, 7) is 1.74. The van der Waals surface area contributed by atoms with Crippen molar-refractivity contribution in [1.29, 1.82) is 5.41 Å². The molecule has 1 aliphatic heterocycles. The average Bonchev–Trinajstić information content (AvgIpc) is 3.62. The van der Waals surface area contributed by atoms with E-state index in [4.69, 9.17) is 20.6 Å². The van der Waals surface area contributed by atoms with E-state index in [9.17, 15) is 18.8 Å². The van der Waals surface area contributed by atoms with Gasteiger partial charge in [-0.3, -0.25) is 19.8 Å². The number of benzene rings is 2. The summed E-state index contributed by atoms with van der Waals surface area (Å²) in [6, 6.07) is 12.5. The van der Waals surface area contributed by atoms with E-state index in [2.05, 4.69) is 10.6 Å². The molecule has 4 rings (SSSR count). The van der Waals surface area contributed by atoms with Crippen LogP contribution in [0.3, 0.4) is 0 Å². The van der Waals surface area contributed by atoms with Gasteiger partial charge in [-0.05, 0) is 61.5 Å². The van der Waals surface area contributed by atoms with E-state index < -0.39 is 17.9 Å². The number of nitrogens with one attached hydrogen (secondary N) is 3. The van der Waals surface area contributed by atoms with Gasteiger partial charge in [-0.15, -0.1) is 11.3 Å². The van der Waals surface area contributed by atoms with Crippen LogP contribution in [0.5, 0.6) is 11.5 Å². The summed E-state index contributed by atoms with van der Waals surface area (Å²) in [5.74, 6) is -0.707. The van der Waals surface area contributed by atoms with Gasteiger partial charge in [0.25, 0.3) is 5.91 Å². The first-order valence-electron chi connectivity index (χ1n) is 12.5. The van der Waals surface area contributed by atoms with Gasteiger partial charge in [0.2, 0.25) is 11.8 Å². The molecule has 1 unspecified atom stereocenters. The zero-order valence-corrected chi connectivity index (χ0v) is 22.8. The van der Waals surface area contributed by atoms with Gasteiger partial charge >= 0.3 is 0 Å². The Morgan fingerprint density at radius 1 is 1.12 bits per heavy atom. The smallest absolute Gasteiger partial charge is 0.251 e. The van der Waals surface area contributed by atoms with Crippen molar-refractivity contribution in [2.45, 2.75) is 31.5 Å². The van der Waals surface area contributed by atoms with Crippen LogP contribution in [0.1, 0.15) is 40.2 Å². The zero-order valence-electron chi connectivity index (χ0n) is 22.0. The lowest BCUT2D eigenvalue weighted by atomic mass is 10.1. The van der Waals surface area contributed by atoms with Crippen LogP contribution in [0.2, 0.25) is 0 Å². The highest BCUT2D eigenvalue weighted by Gasteiger charge is 2.40. The maximum absolute atomic E-state index is 13.1. The Balaban J connectivity index is 1.33. The maximum atomic E-state index is 13.1. The highest BCUT2D eigenvalue weighted by molar-refractivity contribution is 7.10. The normalized spacial score (nSPS) is 17.2. The van der Waals surface area contributed by atoms with Crippen molar-refractivity contribution in [2.75, 3.05) is 20.2 Å². The van der Waals surface area contributed by atoms with Gasteiger partial charge in [0.15, 0.2) is 0 Å². The number of likely N-dealkylation sites (tertiary alicyclic amines) is 1. The number of carbonyl (C=O) groups is 3. The second kappa shape index (κ2) is 12.7. The highest BCUT2D eigenvalue weighted by Crippen LogP contribution is 2.25. The minimum atomic E-state index is -0.757. The Morgan fingerprint density at radius 3 is 2.38 bits per heavy atom. The van der Waals surface area contributed by atoms with Gasteiger partial charge in [-0.1, -0.05) is 0 Å². The fourth-order valence-corrected chi connectivity index (χ4v) is 5.18. The van der Waals surface area contributed by atoms with Crippen LogP contribution in [0.15, 0.2) is 60.0 Å². The predicted molar refractivity (Wildman–Crippen MR) is 148 cm³/mol. The molecule has 0 saturated carbocycles. The quantitative estimate of drug-likeness (QED) is 0.219. The van der Waals surface area contributed by atoms with Gasteiger partial charge in [-0.2, -0.15) is 0 Å². The van der Waals surface area contributed by atoms with Crippen LogP contribution in [-0.4, -0.2) is 60.8 Å². The average molecular weight is 568 g/mol. The molecular formula is C28H30FN5O5S. The number of halogens is 1. The largest absolute Gasteiger partial charge is 0.457 e. The van der Waals surface area contributed by atoms with Crippen molar-refractivity contribution >= 4 is 34.9 Å². The summed E-state index contributed by atoms with van der Waals surface area (Å²) in [6.07, 6.45) is 0.0123. The number of methoxy groups -OCH3 is 1. The number of amidine groups is 1. The van der Waals surface area contributed by atoms with Crippen molar-refractivity contribution in [3.63, 3.8) is 0 Å². The fourth-order valence-electron chi connectivity index (χ4n) is 4.27. The fraction of sp³-hybridized carbons (Fsp3) is 0.286. The number of nitrogens with two attached hydrogens (primary N) is 1. The lowest BCUT2D eigenvalue weighted by Gasteiger charge is -2.25. The van der Waals surface area contributed by atoms with E-state index >= 15 is 0 Å². The van der Waals surface area contributed by atoms with E-state index in [1.807, 2.05) is 6.92 Å². The lowest BCUT2D eigenvalue weighted by molar-refractivity contribution is -0.138. The minimum Gasteiger partial charge on any atom is -0.457 e. The monoisotopic (exact) mass is 567 g/mol. The summed E-state index contributed by atoms with van der Waals surface area (Å²) in [5.41, 5.74) is 6.44. The van der Waals surface area contributed by atoms with Crippen molar-refractivity contribution in [3.8, 4) is 11.5 Å². The number of rotatable bonds is 10. The molecule has 1 aromatic heterocycles. The number of amides is 3. The Labute approximate surface area is 234 Å².